The van der Waals surface area contributed by atoms with Gasteiger partial charge < -0.3 is 15.6 Å². The average molecular weight is 407 g/mol. The largest absolute Gasteiger partial charge is 0.390 e. The number of aliphatic hydroxyl groups excluding tert-OH is 1. The molecular weight excluding hydrogens is 393 g/mol. The summed E-state index contributed by atoms with van der Waals surface area (Å²) in [7, 11) is 0. The summed E-state index contributed by atoms with van der Waals surface area (Å²) >= 11 is 6.36. The monoisotopic (exact) mass is 407 g/mol. The Morgan fingerprint density at radius 3 is 3.00 bits per heavy atom. The zero-order valence-corrected chi connectivity index (χ0v) is 13.5. The number of thiol groups is 1. The Kier molecular flexibility index (Phi) is 4.02. The third-order valence-electron chi connectivity index (χ3n) is 3.31. The number of rotatable bonds is 3. The minimum Gasteiger partial charge on any atom is -0.390 e. The molecule has 1 fully saturated rings. The summed E-state index contributed by atoms with van der Waals surface area (Å²) < 4.78 is 8.25. The molecule has 2 aromatic heterocycles. The second-order valence-corrected chi connectivity index (χ2v) is 5.73. The van der Waals surface area contributed by atoms with Crippen molar-refractivity contribution in [1.82, 2.24) is 19.5 Å². The van der Waals surface area contributed by atoms with Gasteiger partial charge >= 0.3 is 0 Å². The summed E-state index contributed by atoms with van der Waals surface area (Å²) in [6, 6.07) is 0. The second-order valence-electron chi connectivity index (χ2n) is 4.60. The van der Waals surface area contributed by atoms with Gasteiger partial charge in [-0.25, -0.2) is 15.0 Å². The zero-order chi connectivity index (χ0) is 14.3. The first-order valence-electron chi connectivity index (χ1n) is 6.13. The van der Waals surface area contributed by atoms with E-state index in [1.807, 2.05) is 0 Å². The highest BCUT2D eigenvalue weighted by Gasteiger charge is 2.35. The predicted molar refractivity (Wildman–Crippen MR) is 85.8 cm³/mol. The number of imidazole rings is 1. The van der Waals surface area contributed by atoms with Gasteiger partial charge in [-0.3, -0.25) is 4.57 Å². The molecule has 20 heavy (non-hydrogen) atoms. The van der Waals surface area contributed by atoms with Gasteiger partial charge in [-0.2, -0.15) is 12.6 Å². The Labute approximate surface area is 134 Å². The molecule has 0 unspecified atom stereocenters. The van der Waals surface area contributed by atoms with Crippen LogP contribution in [-0.2, 0) is 9.16 Å². The topological polar surface area (TPSA) is 99.1 Å². The van der Waals surface area contributed by atoms with E-state index in [0.717, 1.165) is 0 Å². The lowest BCUT2D eigenvalue weighted by Crippen LogP contribution is -2.22. The Morgan fingerprint density at radius 2 is 2.35 bits per heavy atom. The van der Waals surface area contributed by atoms with Gasteiger partial charge in [-0.15, -0.1) is 0 Å². The van der Waals surface area contributed by atoms with Crippen molar-refractivity contribution in [3.63, 3.8) is 0 Å². The lowest BCUT2D eigenvalue weighted by Gasteiger charge is -2.14. The summed E-state index contributed by atoms with van der Waals surface area (Å²) in [5, 5.41) is 9.92. The zero-order valence-electron chi connectivity index (χ0n) is 10.5. The molecule has 0 radical (unpaired) electrons. The van der Waals surface area contributed by atoms with Crippen LogP contribution in [0.3, 0.4) is 0 Å². The van der Waals surface area contributed by atoms with Crippen molar-refractivity contribution in [3.05, 3.63) is 12.2 Å². The fraction of sp³-hybridized carbons (Fsp3) is 0.545. The van der Waals surface area contributed by atoms with E-state index in [0.29, 0.717) is 39.4 Å². The highest BCUT2D eigenvalue weighted by Crippen LogP contribution is 2.32. The van der Waals surface area contributed by atoms with Crippen LogP contribution < -0.4 is 5.73 Å². The lowest BCUT2D eigenvalue weighted by molar-refractivity contribution is -0.00354. The van der Waals surface area contributed by atoms with Crippen molar-refractivity contribution in [2.45, 2.75) is 29.3 Å². The number of hydrogen-bond donors (Lipinski definition) is 3. The predicted octanol–water partition coefficient (Wildman–Crippen LogP) is 0.922. The van der Waals surface area contributed by atoms with Crippen LogP contribution in [0.2, 0.25) is 0 Å². The number of hydrogen-bond acceptors (Lipinski definition) is 7. The quantitative estimate of drug-likeness (QED) is 0.398. The molecule has 0 saturated carbocycles. The van der Waals surface area contributed by atoms with Crippen LogP contribution in [0.25, 0.3) is 11.2 Å². The van der Waals surface area contributed by atoms with Gasteiger partial charge in [0.05, 0.1) is 23.0 Å². The average Bonchev–Trinajstić information content (AvgIpc) is 3.01. The van der Waals surface area contributed by atoms with E-state index in [4.69, 9.17) is 10.5 Å². The highest BCUT2D eigenvalue weighted by molar-refractivity contribution is 14.1. The van der Waals surface area contributed by atoms with Crippen LogP contribution in [0, 0.1) is 0 Å². The maximum Gasteiger partial charge on any atom is 0.167 e. The van der Waals surface area contributed by atoms with E-state index in [9.17, 15) is 5.11 Å². The number of halogens is 1. The van der Waals surface area contributed by atoms with E-state index in [-0.39, 0.29) is 12.3 Å². The third kappa shape index (κ3) is 2.36. The molecule has 0 aliphatic carbocycles. The van der Waals surface area contributed by atoms with E-state index in [1.54, 1.807) is 10.9 Å². The Morgan fingerprint density at radius 1 is 1.55 bits per heavy atom. The van der Waals surface area contributed by atoms with E-state index < -0.39 is 6.10 Å². The fourth-order valence-corrected chi connectivity index (χ4v) is 2.98. The van der Waals surface area contributed by atoms with Gasteiger partial charge in [-0.05, 0) is 0 Å². The molecule has 3 atom stereocenters. The van der Waals surface area contributed by atoms with Crippen molar-refractivity contribution in [2.75, 3.05) is 11.5 Å². The van der Waals surface area contributed by atoms with E-state index in [1.165, 1.54) is 0 Å². The molecule has 0 bridgehead atoms. The lowest BCUT2D eigenvalue weighted by atomic mass is 10.2. The number of nitrogens with two attached hydrogens (primary N) is 1. The standard InChI is InChI=1S/C11H14IN5O2S/c12-2-7-15-10(13)9-11(16-7)17(4-14-9)8-1-5(18)6(3-20)19-8/h4-6,8,18,20H,1-3H2,(H2,13,15,16)/t5-,6+,8+/m0/s1. The molecule has 108 valence electrons. The summed E-state index contributed by atoms with van der Waals surface area (Å²) in [6.07, 6.45) is 1.01. The smallest absolute Gasteiger partial charge is 0.167 e. The van der Waals surface area contributed by atoms with Crippen molar-refractivity contribution < 1.29 is 9.84 Å². The van der Waals surface area contributed by atoms with Crippen LogP contribution in [-0.4, -0.2) is 42.6 Å². The number of aromatic nitrogens is 4. The molecule has 7 nitrogen and oxygen atoms in total. The van der Waals surface area contributed by atoms with Crippen molar-refractivity contribution in [1.29, 1.82) is 0 Å². The first-order chi connectivity index (χ1) is 9.63. The maximum atomic E-state index is 9.92. The molecule has 0 spiro atoms. The number of alkyl halides is 1. The van der Waals surface area contributed by atoms with Gasteiger partial charge in [0.2, 0.25) is 0 Å². The fourth-order valence-electron chi connectivity index (χ4n) is 2.31. The molecule has 3 heterocycles. The summed E-state index contributed by atoms with van der Waals surface area (Å²) in [5.41, 5.74) is 7.09. The second kappa shape index (κ2) is 5.62. The van der Waals surface area contributed by atoms with Gasteiger partial charge in [0, 0.05) is 12.2 Å². The Balaban J connectivity index is 2.02. The van der Waals surface area contributed by atoms with Gasteiger partial charge in [-0.1, -0.05) is 22.6 Å². The molecule has 9 heteroatoms. The van der Waals surface area contributed by atoms with Crippen LogP contribution in [0.15, 0.2) is 6.33 Å². The third-order valence-corrected chi connectivity index (χ3v) is 4.35. The van der Waals surface area contributed by atoms with Crippen molar-refractivity contribution in [2.24, 2.45) is 0 Å². The number of nitrogen functional groups attached to an aromatic ring is 1. The number of ether oxygens (including phenoxy) is 1. The summed E-state index contributed by atoms with van der Waals surface area (Å²) in [5.74, 6) is 1.49. The number of fused-ring (bicyclic) bond motifs is 1. The molecule has 3 rings (SSSR count). The molecule has 0 amide bonds. The minimum absolute atomic E-state index is 0.274. The highest BCUT2D eigenvalue weighted by atomic mass is 127. The van der Waals surface area contributed by atoms with Crippen LogP contribution in [0.1, 0.15) is 18.5 Å². The van der Waals surface area contributed by atoms with Crippen molar-refractivity contribution in [3.8, 4) is 0 Å². The molecule has 1 aliphatic rings. The van der Waals surface area contributed by atoms with Crippen LogP contribution in [0.4, 0.5) is 5.82 Å². The SMILES string of the molecule is Nc1nc(CI)nc2c1ncn2[C@H]1C[C@H](O)[C@@H](CS)O1. The maximum absolute atomic E-state index is 9.92. The van der Waals surface area contributed by atoms with Crippen LogP contribution >= 0.6 is 35.2 Å². The number of anilines is 1. The Bertz CT molecular complexity index is 637. The molecule has 2 aromatic rings. The Hall–Kier alpha value is -0.650. The molecule has 0 aromatic carbocycles. The van der Waals surface area contributed by atoms with Crippen LogP contribution in [0.5, 0.6) is 0 Å². The minimum atomic E-state index is -0.529. The summed E-state index contributed by atoms with van der Waals surface area (Å²) in [6.45, 7) is 0. The van der Waals surface area contributed by atoms with Gasteiger partial charge in [0.1, 0.15) is 17.6 Å². The molecular formula is C11H14IN5O2S. The molecule has 3 N–H and O–H groups in total. The number of nitrogens with zero attached hydrogens (tertiary/aromatic N) is 4. The number of aliphatic hydroxyl groups is 1. The normalized spacial score (nSPS) is 26.4. The molecule has 1 aliphatic heterocycles. The van der Waals surface area contributed by atoms with E-state index >= 15 is 0 Å². The summed E-state index contributed by atoms with van der Waals surface area (Å²) in [4.78, 5) is 12.9. The first-order valence-corrected chi connectivity index (χ1v) is 8.29. The van der Waals surface area contributed by atoms with Gasteiger partial charge in [0.15, 0.2) is 11.5 Å². The molecule has 1 saturated heterocycles. The first kappa shape index (κ1) is 14.3. The van der Waals surface area contributed by atoms with Gasteiger partial charge in [0.25, 0.3) is 0 Å². The van der Waals surface area contributed by atoms with Crippen molar-refractivity contribution >= 4 is 52.2 Å². The van der Waals surface area contributed by atoms with E-state index in [2.05, 4.69) is 50.2 Å².